The molecule has 5 atom stereocenters. The molecule has 40 heavy (non-hydrogen) atoms. The van der Waals surface area contributed by atoms with Gasteiger partial charge in [-0.25, -0.2) is 0 Å². The Hall–Kier alpha value is -2.94. The second kappa shape index (κ2) is 15.2. The van der Waals surface area contributed by atoms with Gasteiger partial charge >= 0.3 is 23.9 Å². The number of carbonyl (C=O) groups is 4. The number of esters is 4. The van der Waals surface area contributed by atoms with Crippen molar-refractivity contribution in [2.75, 3.05) is 0 Å². The van der Waals surface area contributed by atoms with Gasteiger partial charge in [0.25, 0.3) is 0 Å². The van der Waals surface area contributed by atoms with Crippen molar-refractivity contribution in [2.24, 2.45) is 34.8 Å². The Morgan fingerprint density at radius 2 is 1.20 bits per heavy atom. The normalized spacial score (nSPS) is 15.6. The monoisotopic (exact) mass is 563 g/mol. The van der Waals surface area contributed by atoms with Gasteiger partial charge in [-0.3, -0.25) is 19.2 Å². The Morgan fingerprint density at radius 1 is 0.725 bits per heavy atom. The van der Waals surface area contributed by atoms with Crippen LogP contribution in [0.25, 0.3) is 0 Å². The predicted octanol–water partition coefficient (Wildman–Crippen LogP) is 5.25. The van der Waals surface area contributed by atoms with Crippen LogP contribution in [0.1, 0.15) is 88.1 Å². The largest absolute Gasteiger partial charge is 0.459 e. The molecule has 0 aliphatic rings. The quantitative estimate of drug-likeness (QED) is 0.252. The fourth-order valence-corrected chi connectivity index (χ4v) is 3.27. The van der Waals surface area contributed by atoms with E-state index in [1.807, 2.05) is 48.5 Å². The van der Waals surface area contributed by atoms with Crippen LogP contribution >= 0.6 is 0 Å². The Labute approximate surface area is 239 Å². The molecule has 9 heteroatoms. The Balaban J connectivity index is 3.01. The topological polar surface area (TPSA) is 131 Å². The molecule has 2 N–H and O–H groups in total. The van der Waals surface area contributed by atoms with Crippen molar-refractivity contribution in [2.45, 2.75) is 107 Å². The van der Waals surface area contributed by atoms with Crippen molar-refractivity contribution in [1.29, 1.82) is 0 Å². The molecule has 0 fully saturated rings. The van der Waals surface area contributed by atoms with Crippen LogP contribution in [0.2, 0.25) is 0 Å². The van der Waals surface area contributed by atoms with Gasteiger partial charge in [0.05, 0.1) is 18.3 Å². The van der Waals surface area contributed by atoms with E-state index in [0.29, 0.717) is 5.56 Å². The minimum absolute atomic E-state index is 0.0444. The van der Waals surface area contributed by atoms with E-state index in [9.17, 15) is 19.2 Å². The summed E-state index contributed by atoms with van der Waals surface area (Å²) in [6, 6.07) is 3.69. The summed E-state index contributed by atoms with van der Waals surface area (Å²) in [5.41, 5.74) is 6.50. The molecule has 9 nitrogen and oxygen atoms in total. The molecule has 1 aromatic carbocycles. The number of carbonyl (C=O) groups excluding carboxylic acids is 4. The van der Waals surface area contributed by atoms with Crippen LogP contribution in [0.15, 0.2) is 18.2 Å². The fraction of sp³-hybridized carbons (Fsp3) is 0.677. The van der Waals surface area contributed by atoms with E-state index in [1.165, 1.54) is 6.07 Å². The molecule has 226 valence electrons. The average molecular weight is 564 g/mol. The van der Waals surface area contributed by atoms with Crippen molar-refractivity contribution in [1.82, 2.24) is 0 Å². The molecular weight excluding hydrogens is 514 g/mol. The number of nitrogens with two attached hydrogens (primary N) is 1. The molecule has 0 saturated carbocycles. The number of benzene rings is 1. The first-order chi connectivity index (χ1) is 18.3. The summed E-state index contributed by atoms with van der Waals surface area (Å²) in [5, 5.41) is 0. The zero-order chi connectivity index (χ0) is 30.9. The second-order valence-electron chi connectivity index (χ2n) is 12.6. The highest BCUT2D eigenvalue weighted by molar-refractivity contribution is 5.79. The number of hydrogen-bond acceptors (Lipinski definition) is 9. The van der Waals surface area contributed by atoms with Gasteiger partial charge in [0.2, 0.25) is 0 Å². The highest BCUT2D eigenvalue weighted by Crippen LogP contribution is 2.32. The van der Waals surface area contributed by atoms with Crippen LogP contribution in [0, 0.1) is 29.1 Å². The van der Waals surface area contributed by atoms with E-state index in [1.54, 1.807) is 39.8 Å². The standard InChI is InChI=1S/C31H49NO8/c1-17(2)19(5)28(34)39-25-13-12-23(15-26(25)40-29(35)20(6)18(3)4)14-24(32)30(36)38-22(8)21(7)37-27(33)16-31(9,10)11/h12-13,15,17-22,24H,14,16,32H2,1-11H3/t19?,20?,21-,22-,24-/m0/s1. The number of rotatable bonds is 13. The van der Waals surface area contributed by atoms with Crippen LogP contribution in [0.3, 0.4) is 0 Å². The molecule has 0 spiro atoms. The lowest BCUT2D eigenvalue weighted by molar-refractivity contribution is -0.167. The number of hydrogen-bond donors (Lipinski definition) is 1. The molecule has 1 rings (SSSR count). The third-order valence-electron chi connectivity index (χ3n) is 6.89. The molecule has 1 aromatic rings. The first-order valence-electron chi connectivity index (χ1n) is 14.0. The minimum Gasteiger partial charge on any atom is -0.459 e. The van der Waals surface area contributed by atoms with Crippen LogP contribution in [0.5, 0.6) is 11.5 Å². The smallest absolute Gasteiger partial charge is 0.323 e. The highest BCUT2D eigenvalue weighted by Gasteiger charge is 2.27. The van der Waals surface area contributed by atoms with Crippen molar-refractivity contribution < 1.29 is 38.1 Å². The maximum absolute atomic E-state index is 12.7. The van der Waals surface area contributed by atoms with Gasteiger partial charge in [0.15, 0.2) is 11.5 Å². The summed E-state index contributed by atoms with van der Waals surface area (Å²) in [6.07, 6.45) is -1.05. The summed E-state index contributed by atoms with van der Waals surface area (Å²) < 4.78 is 22.1. The maximum atomic E-state index is 12.7. The Morgan fingerprint density at radius 3 is 1.68 bits per heavy atom. The van der Waals surface area contributed by atoms with Crippen LogP contribution < -0.4 is 15.2 Å². The molecule has 0 aromatic heterocycles. The second-order valence-corrected chi connectivity index (χ2v) is 12.6. The van der Waals surface area contributed by atoms with Gasteiger partial charge in [-0.15, -0.1) is 0 Å². The summed E-state index contributed by atoms with van der Waals surface area (Å²) in [6.45, 7) is 20.3. The Kier molecular flexibility index (Phi) is 13.3. The number of ether oxygens (including phenoxy) is 4. The molecule has 0 heterocycles. The molecule has 0 amide bonds. The summed E-state index contributed by atoms with van der Waals surface area (Å²) in [4.78, 5) is 50.2. The van der Waals surface area contributed by atoms with Crippen LogP contribution in [-0.4, -0.2) is 42.1 Å². The maximum Gasteiger partial charge on any atom is 0.323 e. The lowest BCUT2D eigenvalue weighted by atomic mass is 9.92. The average Bonchev–Trinajstić information content (AvgIpc) is 2.82. The summed E-state index contributed by atoms with van der Waals surface area (Å²) in [5.74, 6) is -2.40. The molecule has 2 unspecified atom stereocenters. The van der Waals surface area contributed by atoms with E-state index < -0.39 is 36.2 Å². The molecule has 0 radical (unpaired) electrons. The van der Waals surface area contributed by atoms with E-state index in [-0.39, 0.29) is 59.4 Å². The van der Waals surface area contributed by atoms with Crippen LogP contribution in [0.4, 0.5) is 0 Å². The van der Waals surface area contributed by atoms with Crippen molar-refractivity contribution in [3.05, 3.63) is 23.8 Å². The van der Waals surface area contributed by atoms with Gasteiger partial charge in [-0.05, 0) is 55.2 Å². The lowest BCUT2D eigenvalue weighted by Crippen LogP contribution is -2.39. The molecule has 0 bridgehead atoms. The third kappa shape index (κ3) is 11.7. The first kappa shape index (κ1) is 35.1. The third-order valence-corrected chi connectivity index (χ3v) is 6.89. The van der Waals surface area contributed by atoms with Crippen molar-refractivity contribution >= 4 is 23.9 Å². The van der Waals surface area contributed by atoms with Crippen molar-refractivity contribution in [3.63, 3.8) is 0 Å². The molecule has 0 aliphatic carbocycles. The van der Waals surface area contributed by atoms with E-state index >= 15 is 0 Å². The minimum atomic E-state index is -1.03. The lowest BCUT2D eigenvalue weighted by Gasteiger charge is -2.24. The molecule has 0 saturated heterocycles. The summed E-state index contributed by atoms with van der Waals surface area (Å²) in [7, 11) is 0. The Bertz CT molecular complexity index is 1030. The molecule has 0 aliphatic heterocycles. The highest BCUT2D eigenvalue weighted by atomic mass is 16.6. The van der Waals surface area contributed by atoms with Crippen LogP contribution in [-0.2, 0) is 35.1 Å². The van der Waals surface area contributed by atoms with Gasteiger partial charge in [-0.1, -0.05) is 68.4 Å². The van der Waals surface area contributed by atoms with Gasteiger partial charge < -0.3 is 24.7 Å². The fourth-order valence-electron chi connectivity index (χ4n) is 3.27. The summed E-state index contributed by atoms with van der Waals surface area (Å²) >= 11 is 0. The van der Waals surface area contributed by atoms with E-state index in [0.717, 1.165) is 0 Å². The zero-order valence-electron chi connectivity index (χ0n) is 26.0. The van der Waals surface area contributed by atoms with Gasteiger partial charge in [0, 0.05) is 0 Å². The predicted molar refractivity (Wildman–Crippen MR) is 153 cm³/mol. The van der Waals surface area contributed by atoms with Gasteiger partial charge in [-0.2, -0.15) is 0 Å². The van der Waals surface area contributed by atoms with Gasteiger partial charge in [0.1, 0.15) is 18.2 Å². The van der Waals surface area contributed by atoms with E-state index in [4.69, 9.17) is 24.7 Å². The van der Waals surface area contributed by atoms with E-state index in [2.05, 4.69) is 0 Å². The molecular formula is C31H49NO8. The zero-order valence-corrected chi connectivity index (χ0v) is 26.0. The SMILES string of the molecule is CC(C)C(C)C(=O)Oc1ccc(C[C@H](N)C(=O)O[C@@H](C)[C@H](C)OC(=O)CC(C)(C)C)cc1OC(=O)C(C)C(C)C. The first-order valence-corrected chi connectivity index (χ1v) is 14.0. The van der Waals surface area contributed by atoms with Crippen molar-refractivity contribution in [3.8, 4) is 11.5 Å².